The number of carbonyl (C=O) groups excluding carboxylic acids is 2. The summed E-state index contributed by atoms with van der Waals surface area (Å²) in [5.41, 5.74) is 1.17. The summed E-state index contributed by atoms with van der Waals surface area (Å²) in [6.07, 6.45) is 4.48. The summed E-state index contributed by atoms with van der Waals surface area (Å²) in [6.45, 7) is 5.41. The molecule has 8 nitrogen and oxygen atoms in total. The van der Waals surface area contributed by atoms with Gasteiger partial charge in [0.25, 0.3) is 5.91 Å². The lowest BCUT2D eigenvalue weighted by atomic mass is 9.97. The third kappa shape index (κ3) is 5.70. The SMILES string of the molecule is CC(C)(NC(=O)COc1ccccc1)C(=O)N1CCOCC(Cc2cccn3nccc23)C1. The van der Waals surface area contributed by atoms with E-state index in [1.54, 1.807) is 37.1 Å². The second kappa shape index (κ2) is 10.0. The summed E-state index contributed by atoms with van der Waals surface area (Å²) in [5, 5.41) is 7.12. The number of pyridine rings is 1. The first kappa shape index (κ1) is 22.8. The third-order valence-corrected chi connectivity index (χ3v) is 5.76. The number of hydrogen-bond acceptors (Lipinski definition) is 5. The summed E-state index contributed by atoms with van der Waals surface area (Å²) in [6, 6.07) is 15.2. The molecular formula is C25H30N4O4. The number of hydrogen-bond donors (Lipinski definition) is 1. The molecule has 0 aliphatic carbocycles. The van der Waals surface area contributed by atoms with E-state index in [1.165, 1.54) is 5.56 Å². The molecule has 1 N–H and O–H groups in total. The average Bonchev–Trinajstić information content (AvgIpc) is 3.18. The number of nitrogens with one attached hydrogen (secondary N) is 1. The van der Waals surface area contributed by atoms with Gasteiger partial charge in [-0.2, -0.15) is 5.10 Å². The molecule has 3 heterocycles. The van der Waals surface area contributed by atoms with Gasteiger partial charge in [0.15, 0.2) is 6.61 Å². The van der Waals surface area contributed by atoms with Crippen LogP contribution in [0.15, 0.2) is 60.9 Å². The fourth-order valence-electron chi connectivity index (χ4n) is 4.18. The number of rotatable bonds is 7. The molecule has 4 rings (SSSR count). The molecule has 174 valence electrons. The Labute approximate surface area is 193 Å². The lowest BCUT2D eigenvalue weighted by Crippen LogP contribution is -2.57. The molecule has 1 unspecified atom stereocenters. The van der Waals surface area contributed by atoms with Gasteiger partial charge in [0.05, 0.1) is 18.7 Å². The van der Waals surface area contributed by atoms with Crippen LogP contribution in [0.25, 0.3) is 5.52 Å². The van der Waals surface area contributed by atoms with Gasteiger partial charge >= 0.3 is 0 Å². The van der Waals surface area contributed by atoms with Crippen LogP contribution >= 0.6 is 0 Å². The molecular weight excluding hydrogens is 420 g/mol. The number of amides is 2. The quantitative estimate of drug-likeness (QED) is 0.597. The topological polar surface area (TPSA) is 85.2 Å². The maximum Gasteiger partial charge on any atom is 0.258 e. The van der Waals surface area contributed by atoms with Crippen LogP contribution in [-0.2, 0) is 20.7 Å². The van der Waals surface area contributed by atoms with Crippen molar-refractivity contribution < 1.29 is 19.1 Å². The van der Waals surface area contributed by atoms with Crippen molar-refractivity contribution in [3.05, 3.63) is 66.5 Å². The average molecular weight is 451 g/mol. The van der Waals surface area contributed by atoms with Gasteiger partial charge in [0.1, 0.15) is 11.3 Å². The van der Waals surface area contributed by atoms with Gasteiger partial charge in [-0.1, -0.05) is 24.3 Å². The van der Waals surface area contributed by atoms with Crippen molar-refractivity contribution >= 4 is 17.3 Å². The van der Waals surface area contributed by atoms with E-state index in [1.807, 2.05) is 41.0 Å². The first-order valence-electron chi connectivity index (χ1n) is 11.2. The molecule has 0 bridgehead atoms. The maximum atomic E-state index is 13.4. The summed E-state index contributed by atoms with van der Waals surface area (Å²) in [5.74, 6) is 0.281. The lowest BCUT2D eigenvalue weighted by molar-refractivity contribution is -0.141. The van der Waals surface area contributed by atoms with Crippen LogP contribution in [0.4, 0.5) is 0 Å². The van der Waals surface area contributed by atoms with Gasteiger partial charge in [-0.3, -0.25) is 9.59 Å². The van der Waals surface area contributed by atoms with E-state index in [2.05, 4.69) is 16.5 Å². The van der Waals surface area contributed by atoms with Crippen LogP contribution in [0.5, 0.6) is 5.75 Å². The zero-order valence-corrected chi connectivity index (χ0v) is 19.1. The summed E-state index contributed by atoms with van der Waals surface area (Å²) < 4.78 is 13.2. The van der Waals surface area contributed by atoms with Crippen LogP contribution in [-0.4, -0.2) is 64.8 Å². The molecule has 1 aliphatic heterocycles. The van der Waals surface area contributed by atoms with Gasteiger partial charge in [0.2, 0.25) is 5.91 Å². The van der Waals surface area contributed by atoms with E-state index in [0.717, 1.165) is 11.9 Å². The van der Waals surface area contributed by atoms with Crippen molar-refractivity contribution in [2.45, 2.75) is 25.8 Å². The normalized spacial score (nSPS) is 16.9. The Morgan fingerprint density at radius 1 is 1.18 bits per heavy atom. The van der Waals surface area contributed by atoms with Crippen LogP contribution in [0, 0.1) is 5.92 Å². The Hall–Kier alpha value is -3.39. The van der Waals surface area contributed by atoms with Gasteiger partial charge in [-0.25, -0.2) is 4.52 Å². The standard InChI is InChI=1S/C25H30N4O4/c1-25(2,27-23(30)18-33-21-8-4-3-5-9-21)24(31)28-13-14-32-17-19(16-28)15-20-7-6-12-29-22(20)10-11-26-29/h3-12,19H,13-18H2,1-2H3,(H,27,30). The van der Waals surface area contributed by atoms with Crippen LogP contribution in [0.2, 0.25) is 0 Å². The molecule has 33 heavy (non-hydrogen) atoms. The number of carbonyl (C=O) groups is 2. The first-order valence-corrected chi connectivity index (χ1v) is 11.2. The summed E-state index contributed by atoms with van der Waals surface area (Å²) in [7, 11) is 0. The molecule has 1 saturated heterocycles. The van der Waals surface area contributed by atoms with Gasteiger partial charge in [-0.15, -0.1) is 0 Å². The van der Waals surface area contributed by atoms with E-state index in [0.29, 0.717) is 32.1 Å². The Bertz CT molecular complexity index is 1100. The van der Waals surface area contributed by atoms with Gasteiger partial charge in [0, 0.05) is 31.4 Å². The third-order valence-electron chi connectivity index (χ3n) is 5.76. The zero-order chi connectivity index (χ0) is 23.3. The molecule has 1 aliphatic rings. The minimum Gasteiger partial charge on any atom is -0.484 e. The predicted octanol–water partition coefficient (Wildman–Crippen LogP) is 2.33. The van der Waals surface area contributed by atoms with Crippen molar-refractivity contribution in [1.29, 1.82) is 0 Å². The van der Waals surface area contributed by atoms with Crippen LogP contribution in [0.1, 0.15) is 19.4 Å². The number of fused-ring (bicyclic) bond motifs is 1. The Balaban J connectivity index is 1.37. The fraction of sp³-hybridized carbons (Fsp3) is 0.400. The van der Waals surface area contributed by atoms with E-state index < -0.39 is 5.54 Å². The Kier molecular flexibility index (Phi) is 6.93. The van der Waals surface area contributed by atoms with Crippen LogP contribution in [0.3, 0.4) is 0 Å². The second-order valence-corrected chi connectivity index (χ2v) is 8.87. The fourth-order valence-corrected chi connectivity index (χ4v) is 4.18. The molecule has 0 saturated carbocycles. The number of para-hydroxylation sites is 1. The minimum absolute atomic E-state index is 0.131. The molecule has 0 spiro atoms. The molecule has 1 fully saturated rings. The number of aromatic nitrogens is 2. The number of benzene rings is 1. The highest BCUT2D eigenvalue weighted by Crippen LogP contribution is 2.20. The number of nitrogens with zero attached hydrogens (tertiary/aromatic N) is 3. The van der Waals surface area contributed by atoms with Gasteiger partial charge < -0.3 is 19.7 Å². The molecule has 8 heteroatoms. The number of ether oxygens (including phenoxy) is 2. The largest absolute Gasteiger partial charge is 0.484 e. The molecule has 1 aromatic carbocycles. The van der Waals surface area contributed by atoms with E-state index >= 15 is 0 Å². The molecule has 3 aromatic rings. The maximum absolute atomic E-state index is 13.4. The first-order chi connectivity index (χ1) is 15.9. The van der Waals surface area contributed by atoms with Crippen LogP contribution < -0.4 is 10.1 Å². The smallest absolute Gasteiger partial charge is 0.258 e. The highest BCUT2D eigenvalue weighted by Gasteiger charge is 2.35. The molecule has 2 aromatic heterocycles. The summed E-state index contributed by atoms with van der Waals surface area (Å²) >= 11 is 0. The second-order valence-electron chi connectivity index (χ2n) is 8.87. The molecule has 1 atom stereocenters. The highest BCUT2D eigenvalue weighted by atomic mass is 16.5. The van der Waals surface area contributed by atoms with Gasteiger partial charge in [-0.05, 0) is 50.1 Å². The predicted molar refractivity (Wildman–Crippen MR) is 124 cm³/mol. The van der Waals surface area contributed by atoms with Crippen molar-refractivity contribution in [1.82, 2.24) is 19.8 Å². The molecule has 2 amide bonds. The van der Waals surface area contributed by atoms with Crippen molar-refractivity contribution in [3.8, 4) is 5.75 Å². The van der Waals surface area contributed by atoms with Crippen molar-refractivity contribution in [2.24, 2.45) is 5.92 Å². The Morgan fingerprint density at radius 2 is 2.00 bits per heavy atom. The lowest BCUT2D eigenvalue weighted by Gasteiger charge is -2.33. The van der Waals surface area contributed by atoms with E-state index in [-0.39, 0.29) is 24.3 Å². The minimum atomic E-state index is -1.06. The highest BCUT2D eigenvalue weighted by molar-refractivity contribution is 5.91. The van der Waals surface area contributed by atoms with E-state index in [4.69, 9.17) is 9.47 Å². The van der Waals surface area contributed by atoms with Crippen molar-refractivity contribution in [2.75, 3.05) is 32.9 Å². The summed E-state index contributed by atoms with van der Waals surface area (Å²) in [4.78, 5) is 27.6. The monoisotopic (exact) mass is 450 g/mol. The van der Waals surface area contributed by atoms with Crippen molar-refractivity contribution in [3.63, 3.8) is 0 Å². The molecule has 0 radical (unpaired) electrons. The Morgan fingerprint density at radius 3 is 2.82 bits per heavy atom. The van der Waals surface area contributed by atoms with E-state index in [9.17, 15) is 9.59 Å². The zero-order valence-electron chi connectivity index (χ0n) is 19.1.